The Balaban J connectivity index is 1.94. The van der Waals surface area contributed by atoms with Gasteiger partial charge in [0, 0.05) is 30.0 Å². The number of morpholine rings is 1. The number of imidazole rings is 1. The summed E-state index contributed by atoms with van der Waals surface area (Å²) in [5.41, 5.74) is 3.43. The summed E-state index contributed by atoms with van der Waals surface area (Å²) in [5.74, 6) is 0.793. The van der Waals surface area contributed by atoms with Crippen molar-refractivity contribution in [1.82, 2.24) is 19.3 Å². The standard InChI is InChI=1S/C16H24N4O/c1-11-6-12(2)20-14(7-17-15(20)18-11)9-19-8-13(3)21-10-16(19,4)5/h6-7,13H,8-10H2,1-5H3/t13-/m0/s1. The first kappa shape index (κ1) is 14.5. The predicted molar refractivity (Wildman–Crippen MR) is 82.4 cm³/mol. The molecule has 0 aromatic carbocycles. The summed E-state index contributed by atoms with van der Waals surface area (Å²) in [6.07, 6.45) is 2.23. The maximum absolute atomic E-state index is 5.79. The van der Waals surface area contributed by atoms with Gasteiger partial charge in [-0.15, -0.1) is 0 Å². The van der Waals surface area contributed by atoms with E-state index in [1.54, 1.807) is 0 Å². The number of aromatic nitrogens is 3. The Morgan fingerprint density at radius 3 is 2.90 bits per heavy atom. The highest BCUT2D eigenvalue weighted by atomic mass is 16.5. The van der Waals surface area contributed by atoms with Crippen molar-refractivity contribution in [2.45, 2.75) is 52.8 Å². The Hall–Kier alpha value is -1.46. The molecular formula is C16H24N4O. The number of hydrogen-bond acceptors (Lipinski definition) is 4. The minimum absolute atomic E-state index is 0.0443. The molecule has 21 heavy (non-hydrogen) atoms. The molecule has 0 unspecified atom stereocenters. The maximum Gasteiger partial charge on any atom is 0.234 e. The summed E-state index contributed by atoms with van der Waals surface area (Å²) < 4.78 is 7.95. The molecule has 0 aliphatic carbocycles. The highest BCUT2D eigenvalue weighted by Crippen LogP contribution is 2.24. The third-order valence-electron chi connectivity index (χ3n) is 4.27. The molecule has 3 heterocycles. The first-order chi connectivity index (χ1) is 9.87. The Morgan fingerprint density at radius 2 is 2.14 bits per heavy atom. The largest absolute Gasteiger partial charge is 0.375 e. The average Bonchev–Trinajstić information content (AvgIpc) is 2.77. The van der Waals surface area contributed by atoms with E-state index in [1.807, 2.05) is 13.1 Å². The van der Waals surface area contributed by atoms with E-state index in [-0.39, 0.29) is 11.6 Å². The van der Waals surface area contributed by atoms with Crippen LogP contribution in [0, 0.1) is 13.8 Å². The lowest BCUT2D eigenvalue weighted by molar-refractivity contribution is -0.0954. The van der Waals surface area contributed by atoms with Gasteiger partial charge < -0.3 is 4.74 Å². The zero-order chi connectivity index (χ0) is 15.2. The second-order valence-corrected chi connectivity index (χ2v) is 6.74. The number of ether oxygens (including phenoxy) is 1. The van der Waals surface area contributed by atoms with E-state index in [9.17, 15) is 0 Å². The molecule has 0 N–H and O–H groups in total. The monoisotopic (exact) mass is 288 g/mol. The first-order valence-electron chi connectivity index (χ1n) is 7.54. The van der Waals surface area contributed by atoms with Crippen LogP contribution in [-0.4, -0.2) is 44.1 Å². The van der Waals surface area contributed by atoms with Gasteiger partial charge in [0.1, 0.15) is 0 Å². The molecule has 5 heteroatoms. The van der Waals surface area contributed by atoms with Crippen LogP contribution in [-0.2, 0) is 11.3 Å². The Bertz CT molecular complexity index is 662. The Morgan fingerprint density at radius 1 is 1.38 bits per heavy atom. The van der Waals surface area contributed by atoms with Crippen molar-refractivity contribution in [3.63, 3.8) is 0 Å². The smallest absolute Gasteiger partial charge is 0.234 e. The van der Waals surface area contributed by atoms with Crippen LogP contribution in [0.3, 0.4) is 0 Å². The van der Waals surface area contributed by atoms with Gasteiger partial charge in [-0.25, -0.2) is 9.97 Å². The number of aryl methyl sites for hydroxylation is 2. The summed E-state index contributed by atoms with van der Waals surface area (Å²) >= 11 is 0. The molecule has 1 aliphatic rings. The zero-order valence-electron chi connectivity index (χ0n) is 13.6. The number of fused-ring (bicyclic) bond motifs is 1. The van der Waals surface area contributed by atoms with Crippen LogP contribution in [0.1, 0.15) is 37.9 Å². The SMILES string of the molecule is Cc1cc(C)n2c(CN3C[C@H](C)OCC3(C)C)cnc2n1. The molecular weight excluding hydrogens is 264 g/mol. The molecule has 1 fully saturated rings. The van der Waals surface area contributed by atoms with E-state index in [2.05, 4.69) is 53.0 Å². The predicted octanol–water partition coefficient (Wildman–Crippen LogP) is 2.35. The number of rotatable bonds is 2. The number of nitrogens with zero attached hydrogens (tertiary/aromatic N) is 4. The normalized spacial score (nSPS) is 22.8. The summed E-state index contributed by atoms with van der Waals surface area (Å²) in [6.45, 7) is 13.3. The molecule has 2 aromatic heterocycles. The molecule has 114 valence electrons. The molecule has 0 bridgehead atoms. The minimum Gasteiger partial charge on any atom is -0.375 e. The molecule has 1 saturated heterocycles. The van der Waals surface area contributed by atoms with Crippen molar-refractivity contribution < 1.29 is 4.74 Å². The molecule has 0 radical (unpaired) electrons. The third kappa shape index (κ3) is 2.68. The van der Waals surface area contributed by atoms with Crippen LogP contribution in [0.15, 0.2) is 12.3 Å². The Labute approximate surface area is 126 Å². The molecule has 5 nitrogen and oxygen atoms in total. The van der Waals surface area contributed by atoms with E-state index >= 15 is 0 Å². The highest BCUT2D eigenvalue weighted by Gasteiger charge is 2.33. The molecule has 1 aliphatic heterocycles. The summed E-state index contributed by atoms with van der Waals surface area (Å²) in [6, 6.07) is 2.10. The first-order valence-corrected chi connectivity index (χ1v) is 7.54. The second kappa shape index (κ2) is 5.07. The topological polar surface area (TPSA) is 42.7 Å². The second-order valence-electron chi connectivity index (χ2n) is 6.74. The van der Waals surface area contributed by atoms with Gasteiger partial charge >= 0.3 is 0 Å². The summed E-state index contributed by atoms with van der Waals surface area (Å²) in [4.78, 5) is 11.5. The van der Waals surface area contributed by atoms with Crippen molar-refractivity contribution in [1.29, 1.82) is 0 Å². The van der Waals surface area contributed by atoms with Crippen molar-refractivity contribution in [2.24, 2.45) is 0 Å². The van der Waals surface area contributed by atoms with Gasteiger partial charge in [0.05, 0.1) is 24.6 Å². The highest BCUT2D eigenvalue weighted by molar-refractivity contribution is 5.35. The molecule has 2 aromatic rings. The molecule has 0 spiro atoms. The summed E-state index contributed by atoms with van der Waals surface area (Å²) in [7, 11) is 0. The van der Waals surface area contributed by atoms with Crippen molar-refractivity contribution in [3.05, 3.63) is 29.3 Å². The van der Waals surface area contributed by atoms with Gasteiger partial charge in [-0.3, -0.25) is 9.30 Å². The van der Waals surface area contributed by atoms with Gasteiger partial charge in [0.25, 0.3) is 0 Å². The van der Waals surface area contributed by atoms with Crippen LogP contribution < -0.4 is 0 Å². The molecule has 0 saturated carbocycles. The lowest BCUT2D eigenvalue weighted by Crippen LogP contribution is -2.55. The van der Waals surface area contributed by atoms with E-state index in [4.69, 9.17) is 4.74 Å². The fourth-order valence-electron chi connectivity index (χ4n) is 3.03. The minimum atomic E-state index is 0.0443. The Kier molecular flexibility index (Phi) is 3.50. The van der Waals surface area contributed by atoms with Crippen LogP contribution >= 0.6 is 0 Å². The van der Waals surface area contributed by atoms with Crippen LogP contribution in [0.2, 0.25) is 0 Å². The van der Waals surface area contributed by atoms with Gasteiger partial charge in [0.15, 0.2) is 0 Å². The van der Waals surface area contributed by atoms with E-state index in [1.165, 1.54) is 11.4 Å². The molecule has 1 atom stereocenters. The fourth-order valence-corrected chi connectivity index (χ4v) is 3.03. The molecule has 3 rings (SSSR count). The zero-order valence-corrected chi connectivity index (χ0v) is 13.6. The van der Waals surface area contributed by atoms with Gasteiger partial charge in [-0.05, 0) is 40.7 Å². The van der Waals surface area contributed by atoms with Gasteiger partial charge in [0.2, 0.25) is 5.78 Å². The number of hydrogen-bond donors (Lipinski definition) is 0. The third-order valence-corrected chi connectivity index (χ3v) is 4.27. The lowest BCUT2D eigenvalue weighted by atomic mass is 10.0. The fraction of sp³-hybridized carbons (Fsp3) is 0.625. The van der Waals surface area contributed by atoms with Crippen molar-refractivity contribution in [2.75, 3.05) is 13.2 Å². The van der Waals surface area contributed by atoms with Crippen LogP contribution in [0.4, 0.5) is 0 Å². The van der Waals surface area contributed by atoms with Crippen molar-refractivity contribution in [3.8, 4) is 0 Å². The van der Waals surface area contributed by atoms with Crippen LogP contribution in [0.5, 0.6) is 0 Å². The van der Waals surface area contributed by atoms with Crippen LogP contribution in [0.25, 0.3) is 5.78 Å². The van der Waals surface area contributed by atoms with E-state index in [0.29, 0.717) is 0 Å². The summed E-state index contributed by atoms with van der Waals surface area (Å²) in [5, 5.41) is 0. The molecule has 0 amide bonds. The maximum atomic E-state index is 5.79. The van der Waals surface area contributed by atoms with E-state index < -0.39 is 0 Å². The quantitative estimate of drug-likeness (QED) is 0.851. The van der Waals surface area contributed by atoms with Crippen molar-refractivity contribution >= 4 is 5.78 Å². The lowest BCUT2D eigenvalue weighted by Gasteiger charge is -2.44. The average molecular weight is 288 g/mol. The van der Waals surface area contributed by atoms with Gasteiger partial charge in [-0.1, -0.05) is 0 Å². The van der Waals surface area contributed by atoms with E-state index in [0.717, 1.165) is 31.2 Å². The van der Waals surface area contributed by atoms with Gasteiger partial charge in [-0.2, -0.15) is 0 Å².